The smallest absolute Gasteiger partial charge is 0.261 e. The van der Waals surface area contributed by atoms with Gasteiger partial charge in [-0.15, -0.1) is 11.3 Å². The van der Waals surface area contributed by atoms with E-state index >= 15 is 0 Å². The van der Waals surface area contributed by atoms with Gasteiger partial charge in [0.25, 0.3) is 5.91 Å². The molecule has 0 bridgehead atoms. The van der Waals surface area contributed by atoms with Gasteiger partial charge in [-0.3, -0.25) is 4.79 Å². The first kappa shape index (κ1) is 15.5. The van der Waals surface area contributed by atoms with Crippen molar-refractivity contribution in [3.05, 3.63) is 51.7 Å². The number of benzene rings is 1. The number of rotatable bonds is 5. The van der Waals surface area contributed by atoms with E-state index < -0.39 is 6.10 Å². The van der Waals surface area contributed by atoms with E-state index in [9.17, 15) is 9.90 Å². The Morgan fingerprint density at radius 2 is 1.90 bits per heavy atom. The third-order valence-corrected chi connectivity index (χ3v) is 4.25. The third-order valence-electron chi connectivity index (χ3n) is 3.25. The fourth-order valence-corrected chi connectivity index (χ4v) is 2.77. The number of amides is 1. The second-order valence-electron chi connectivity index (χ2n) is 4.89. The number of carbonyl (C=O) groups excluding carboxylic acids is 1. The summed E-state index contributed by atoms with van der Waals surface area (Å²) in [5.74, 6) is 0.574. The summed E-state index contributed by atoms with van der Waals surface area (Å²) in [7, 11) is 1.59. The zero-order valence-corrected chi connectivity index (χ0v) is 13.1. The Labute approximate surface area is 128 Å². The average molecular weight is 305 g/mol. The molecule has 0 aliphatic rings. The van der Waals surface area contributed by atoms with Crippen LogP contribution in [0.1, 0.15) is 33.1 Å². The number of hydrogen-bond acceptors (Lipinski definition) is 4. The van der Waals surface area contributed by atoms with Crippen LogP contribution < -0.4 is 10.1 Å². The average Bonchev–Trinajstić information content (AvgIpc) is 2.93. The molecule has 112 valence electrons. The first-order valence-corrected chi connectivity index (χ1v) is 7.52. The van der Waals surface area contributed by atoms with Crippen LogP contribution in [0.25, 0.3) is 0 Å². The molecular weight excluding hydrogens is 286 g/mol. The minimum Gasteiger partial charge on any atom is -0.497 e. The summed E-state index contributed by atoms with van der Waals surface area (Å²) in [4.78, 5) is 13.8. The largest absolute Gasteiger partial charge is 0.497 e. The Morgan fingerprint density at radius 1 is 1.24 bits per heavy atom. The maximum atomic E-state index is 12.1. The van der Waals surface area contributed by atoms with Crippen LogP contribution in [0.2, 0.25) is 0 Å². The van der Waals surface area contributed by atoms with Gasteiger partial charge in [-0.1, -0.05) is 12.1 Å². The summed E-state index contributed by atoms with van der Waals surface area (Å²) < 4.78 is 5.08. The zero-order chi connectivity index (χ0) is 15.4. The van der Waals surface area contributed by atoms with E-state index in [-0.39, 0.29) is 11.9 Å². The third kappa shape index (κ3) is 3.83. The van der Waals surface area contributed by atoms with Crippen LogP contribution in [0.15, 0.2) is 36.4 Å². The maximum Gasteiger partial charge on any atom is 0.261 e. The molecule has 0 aliphatic heterocycles. The maximum absolute atomic E-state index is 12.1. The van der Waals surface area contributed by atoms with Gasteiger partial charge >= 0.3 is 0 Å². The molecule has 1 aromatic carbocycles. The monoisotopic (exact) mass is 305 g/mol. The van der Waals surface area contributed by atoms with Gasteiger partial charge in [-0.2, -0.15) is 0 Å². The predicted molar refractivity (Wildman–Crippen MR) is 83.9 cm³/mol. The summed E-state index contributed by atoms with van der Waals surface area (Å²) in [5.41, 5.74) is 0.742. The molecule has 4 nitrogen and oxygen atoms in total. The molecule has 5 heteroatoms. The molecule has 0 fully saturated rings. The van der Waals surface area contributed by atoms with Gasteiger partial charge in [0.2, 0.25) is 0 Å². The van der Waals surface area contributed by atoms with Gasteiger partial charge < -0.3 is 15.2 Å². The fourth-order valence-electron chi connectivity index (χ4n) is 2.00. The second-order valence-corrected chi connectivity index (χ2v) is 6.18. The molecule has 0 saturated heterocycles. The quantitative estimate of drug-likeness (QED) is 0.893. The Hall–Kier alpha value is -1.85. The van der Waals surface area contributed by atoms with Crippen LogP contribution in [0.3, 0.4) is 0 Å². The highest BCUT2D eigenvalue weighted by Crippen LogP contribution is 2.21. The van der Waals surface area contributed by atoms with Gasteiger partial charge in [0.15, 0.2) is 0 Å². The second kappa shape index (κ2) is 6.74. The van der Waals surface area contributed by atoms with E-state index in [0.29, 0.717) is 4.88 Å². The van der Waals surface area contributed by atoms with Crippen molar-refractivity contribution in [3.63, 3.8) is 0 Å². The number of hydrogen-bond donors (Lipinski definition) is 2. The van der Waals surface area contributed by atoms with Crippen LogP contribution in [0.4, 0.5) is 0 Å². The highest BCUT2D eigenvalue weighted by molar-refractivity contribution is 7.13. The SMILES string of the molecule is COc1ccc(C(O)C(C)NC(=O)c2ccc(C)s2)cc1. The molecule has 1 aromatic heterocycles. The Kier molecular flexibility index (Phi) is 4.98. The van der Waals surface area contributed by atoms with Crippen molar-refractivity contribution in [2.45, 2.75) is 26.0 Å². The minimum atomic E-state index is -0.763. The summed E-state index contributed by atoms with van der Waals surface area (Å²) in [6, 6.07) is 10.5. The van der Waals surface area contributed by atoms with Gasteiger partial charge in [0, 0.05) is 4.88 Å². The molecule has 2 unspecified atom stereocenters. The van der Waals surface area contributed by atoms with Crippen LogP contribution in [0.5, 0.6) is 5.75 Å². The summed E-state index contributed by atoms with van der Waals surface area (Å²) in [6.07, 6.45) is -0.763. The van der Waals surface area contributed by atoms with Crippen molar-refractivity contribution in [3.8, 4) is 5.75 Å². The molecule has 0 radical (unpaired) electrons. The standard InChI is InChI=1S/C16H19NO3S/c1-10-4-9-14(21-10)16(19)17-11(2)15(18)12-5-7-13(20-3)8-6-12/h4-9,11,15,18H,1-3H3,(H,17,19). The Balaban J connectivity index is 2.01. The van der Waals surface area contributed by atoms with Crippen LogP contribution in [0, 0.1) is 6.92 Å². The van der Waals surface area contributed by atoms with Gasteiger partial charge in [-0.25, -0.2) is 0 Å². The number of methoxy groups -OCH3 is 1. The highest BCUT2D eigenvalue weighted by atomic mass is 32.1. The topological polar surface area (TPSA) is 58.6 Å². The van der Waals surface area contributed by atoms with Crippen molar-refractivity contribution in [2.24, 2.45) is 0 Å². The lowest BCUT2D eigenvalue weighted by molar-refractivity contribution is 0.0856. The molecular formula is C16H19NO3S. The first-order valence-electron chi connectivity index (χ1n) is 6.70. The van der Waals surface area contributed by atoms with E-state index in [1.807, 2.05) is 13.0 Å². The summed E-state index contributed by atoms with van der Waals surface area (Å²) in [5, 5.41) is 13.1. The highest BCUT2D eigenvalue weighted by Gasteiger charge is 2.19. The number of thiophene rings is 1. The number of aryl methyl sites for hydroxylation is 1. The van der Waals surface area contributed by atoms with Gasteiger partial charge in [0.1, 0.15) is 5.75 Å². The minimum absolute atomic E-state index is 0.159. The molecule has 2 atom stereocenters. The van der Waals surface area contributed by atoms with Crippen LogP contribution in [-0.2, 0) is 0 Å². The van der Waals surface area contributed by atoms with Crippen LogP contribution in [-0.4, -0.2) is 24.2 Å². The molecule has 2 N–H and O–H groups in total. The zero-order valence-electron chi connectivity index (χ0n) is 12.3. The lowest BCUT2D eigenvalue weighted by Gasteiger charge is -2.20. The molecule has 0 spiro atoms. The van der Waals surface area contributed by atoms with Crippen molar-refractivity contribution in [2.75, 3.05) is 7.11 Å². The molecule has 0 aliphatic carbocycles. The van der Waals surface area contributed by atoms with Crippen molar-refractivity contribution in [1.29, 1.82) is 0 Å². The molecule has 2 aromatic rings. The Bertz CT molecular complexity index is 606. The van der Waals surface area contributed by atoms with Gasteiger partial charge in [0.05, 0.1) is 24.1 Å². The Morgan fingerprint density at radius 3 is 2.43 bits per heavy atom. The molecule has 21 heavy (non-hydrogen) atoms. The lowest BCUT2D eigenvalue weighted by atomic mass is 10.0. The summed E-state index contributed by atoms with van der Waals surface area (Å²) in [6.45, 7) is 3.74. The molecule has 2 rings (SSSR count). The van der Waals surface area contributed by atoms with Crippen molar-refractivity contribution >= 4 is 17.2 Å². The molecule has 1 heterocycles. The first-order chi connectivity index (χ1) is 10.0. The van der Waals surface area contributed by atoms with E-state index in [1.54, 1.807) is 44.4 Å². The van der Waals surface area contributed by atoms with E-state index in [0.717, 1.165) is 16.2 Å². The predicted octanol–water partition coefficient (Wildman–Crippen LogP) is 2.92. The number of ether oxygens (including phenoxy) is 1. The van der Waals surface area contributed by atoms with Crippen molar-refractivity contribution in [1.82, 2.24) is 5.32 Å². The van der Waals surface area contributed by atoms with E-state index in [1.165, 1.54) is 11.3 Å². The lowest BCUT2D eigenvalue weighted by Crippen LogP contribution is -2.36. The van der Waals surface area contributed by atoms with Crippen LogP contribution >= 0.6 is 11.3 Å². The number of aliphatic hydroxyl groups is 1. The van der Waals surface area contributed by atoms with Crippen molar-refractivity contribution < 1.29 is 14.6 Å². The molecule has 0 saturated carbocycles. The number of aliphatic hydroxyl groups excluding tert-OH is 1. The molecule has 1 amide bonds. The summed E-state index contributed by atoms with van der Waals surface area (Å²) >= 11 is 1.44. The number of carbonyl (C=O) groups is 1. The van der Waals surface area contributed by atoms with Gasteiger partial charge in [-0.05, 0) is 43.7 Å². The fraction of sp³-hybridized carbons (Fsp3) is 0.312. The normalized spacial score (nSPS) is 13.5. The van der Waals surface area contributed by atoms with E-state index in [4.69, 9.17) is 4.74 Å². The van der Waals surface area contributed by atoms with E-state index in [2.05, 4.69) is 5.32 Å². The number of nitrogens with one attached hydrogen (secondary N) is 1.